The van der Waals surface area contributed by atoms with Gasteiger partial charge in [-0.1, -0.05) is 0 Å². The van der Waals surface area contributed by atoms with Crippen LogP contribution in [-0.4, -0.2) is 79.6 Å². The quantitative estimate of drug-likeness (QED) is 0.517. The van der Waals surface area contributed by atoms with E-state index in [-0.39, 0.29) is 29.4 Å². The predicted molar refractivity (Wildman–Crippen MR) is 137 cm³/mol. The molecule has 0 spiro atoms. The van der Waals surface area contributed by atoms with Crippen LogP contribution in [0.3, 0.4) is 0 Å². The summed E-state index contributed by atoms with van der Waals surface area (Å²) in [5.74, 6) is -0.490. The molecule has 0 aromatic heterocycles. The lowest BCUT2D eigenvalue weighted by atomic mass is 9.81. The summed E-state index contributed by atoms with van der Waals surface area (Å²) in [6.07, 6.45) is 1.28. The Hall–Kier alpha value is -2.88. The van der Waals surface area contributed by atoms with E-state index in [1.807, 2.05) is 0 Å². The summed E-state index contributed by atoms with van der Waals surface area (Å²) >= 11 is 0. The molecule has 0 saturated carbocycles. The van der Waals surface area contributed by atoms with Crippen LogP contribution in [0.15, 0.2) is 29.2 Å². The van der Waals surface area contributed by atoms with Gasteiger partial charge in [0.25, 0.3) is 0 Å². The number of hydrogen-bond acceptors (Lipinski definition) is 9. The molecule has 1 aromatic rings. The molecular formula is C25H36N6O5S. The van der Waals surface area contributed by atoms with Gasteiger partial charge in [0, 0.05) is 31.4 Å². The van der Waals surface area contributed by atoms with Crippen molar-refractivity contribution in [3.8, 4) is 6.07 Å². The van der Waals surface area contributed by atoms with Crippen molar-refractivity contribution >= 4 is 27.5 Å². The van der Waals surface area contributed by atoms with Crippen LogP contribution in [-0.2, 0) is 19.4 Å². The number of carbonyl (C=O) groups excluding carboxylic acids is 2. The van der Waals surface area contributed by atoms with Crippen molar-refractivity contribution in [3.63, 3.8) is 0 Å². The number of amides is 2. The SMILES string of the molecule is COC(=O)N1CCC(CC#N)(N2NC(Nc3ccc(S(=O)(=O)C(C)(C)C)cc3)C3C(=O)NCCC32)CC1. The number of methoxy groups -OCH3 is 1. The molecular weight excluding hydrogens is 496 g/mol. The zero-order valence-electron chi connectivity index (χ0n) is 21.8. The molecule has 0 aliphatic carbocycles. The Labute approximate surface area is 218 Å². The second kappa shape index (κ2) is 10.1. The van der Waals surface area contributed by atoms with Gasteiger partial charge >= 0.3 is 6.09 Å². The minimum Gasteiger partial charge on any atom is -0.453 e. The van der Waals surface area contributed by atoms with E-state index in [0.717, 1.165) is 6.42 Å². The molecule has 3 atom stereocenters. The second-order valence-electron chi connectivity index (χ2n) is 11.0. The lowest BCUT2D eigenvalue weighted by molar-refractivity contribution is -0.128. The number of anilines is 1. The lowest BCUT2D eigenvalue weighted by Gasteiger charge is -2.48. The summed E-state index contributed by atoms with van der Waals surface area (Å²) in [5, 5.41) is 18.1. The number of carbonyl (C=O) groups is 2. The van der Waals surface area contributed by atoms with Gasteiger partial charge in [0.15, 0.2) is 9.84 Å². The van der Waals surface area contributed by atoms with Crippen LogP contribution >= 0.6 is 0 Å². The molecule has 2 amide bonds. The molecule has 37 heavy (non-hydrogen) atoms. The molecule has 12 heteroatoms. The van der Waals surface area contributed by atoms with Gasteiger partial charge in [-0.05, 0) is 64.3 Å². The van der Waals surface area contributed by atoms with E-state index in [1.54, 1.807) is 49.9 Å². The van der Waals surface area contributed by atoms with Crippen molar-refractivity contribution < 1.29 is 22.7 Å². The Kier molecular flexibility index (Phi) is 7.43. The summed E-state index contributed by atoms with van der Waals surface area (Å²) in [7, 11) is -2.13. The number of piperidine rings is 2. The molecule has 202 valence electrons. The first-order valence-corrected chi connectivity index (χ1v) is 14.1. The average molecular weight is 533 g/mol. The molecule has 3 heterocycles. The Bertz CT molecular complexity index is 1170. The monoisotopic (exact) mass is 532 g/mol. The summed E-state index contributed by atoms with van der Waals surface area (Å²) in [6, 6.07) is 8.76. The molecule has 3 unspecified atom stereocenters. The number of nitriles is 1. The molecule has 0 bridgehead atoms. The van der Waals surface area contributed by atoms with E-state index in [9.17, 15) is 23.3 Å². The van der Waals surface area contributed by atoms with Crippen LogP contribution in [0.5, 0.6) is 0 Å². The molecule has 1 aromatic carbocycles. The van der Waals surface area contributed by atoms with Crippen molar-refractivity contribution in [3.05, 3.63) is 24.3 Å². The Morgan fingerprint density at radius 3 is 2.46 bits per heavy atom. The third-order valence-electron chi connectivity index (χ3n) is 7.76. The highest BCUT2D eigenvalue weighted by atomic mass is 32.2. The average Bonchev–Trinajstić information content (AvgIpc) is 3.24. The number of benzene rings is 1. The van der Waals surface area contributed by atoms with E-state index in [1.165, 1.54) is 7.11 Å². The number of rotatable bonds is 5. The smallest absolute Gasteiger partial charge is 0.409 e. The molecule has 3 fully saturated rings. The predicted octanol–water partition coefficient (Wildman–Crippen LogP) is 1.84. The highest BCUT2D eigenvalue weighted by molar-refractivity contribution is 7.92. The zero-order valence-corrected chi connectivity index (χ0v) is 22.6. The van der Waals surface area contributed by atoms with Crippen molar-refractivity contribution in [2.24, 2.45) is 5.92 Å². The van der Waals surface area contributed by atoms with Crippen LogP contribution < -0.4 is 16.1 Å². The first kappa shape index (κ1) is 27.2. The van der Waals surface area contributed by atoms with E-state index in [0.29, 0.717) is 38.2 Å². The second-order valence-corrected chi connectivity index (χ2v) is 13.7. The van der Waals surface area contributed by atoms with Crippen LogP contribution in [0, 0.1) is 17.2 Å². The van der Waals surface area contributed by atoms with E-state index >= 15 is 0 Å². The normalized spacial score (nSPS) is 26.1. The number of nitrogens with one attached hydrogen (secondary N) is 3. The molecule has 3 N–H and O–H groups in total. The van der Waals surface area contributed by atoms with Crippen LogP contribution in [0.25, 0.3) is 0 Å². The number of sulfone groups is 1. The van der Waals surface area contributed by atoms with Gasteiger partial charge in [0.2, 0.25) is 5.91 Å². The molecule has 3 aliphatic heterocycles. The Balaban J connectivity index is 1.57. The summed E-state index contributed by atoms with van der Waals surface area (Å²) < 4.78 is 29.5. The Morgan fingerprint density at radius 1 is 1.24 bits per heavy atom. The van der Waals surface area contributed by atoms with Gasteiger partial charge in [-0.15, -0.1) is 0 Å². The van der Waals surface area contributed by atoms with Crippen LogP contribution in [0.4, 0.5) is 10.5 Å². The van der Waals surface area contributed by atoms with Crippen molar-refractivity contribution in [1.29, 1.82) is 5.26 Å². The number of hydrazine groups is 1. The highest BCUT2D eigenvalue weighted by Gasteiger charge is 2.55. The number of likely N-dealkylation sites (tertiary alicyclic amines) is 1. The summed E-state index contributed by atoms with van der Waals surface area (Å²) in [6.45, 7) is 6.46. The maximum atomic E-state index is 13.0. The number of fused-ring (bicyclic) bond motifs is 1. The first-order valence-electron chi connectivity index (χ1n) is 12.6. The fourth-order valence-electron chi connectivity index (χ4n) is 5.56. The molecule has 3 saturated heterocycles. The van der Waals surface area contributed by atoms with Crippen molar-refractivity contribution in [2.75, 3.05) is 32.1 Å². The lowest BCUT2D eigenvalue weighted by Crippen LogP contribution is -2.62. The zero-order chi connectivity index (χ0) is 27.0. The summed E-state index contributed by atoms with van der Waals surface area (Å²) in [4.78, 5) is 26.9. The largest absolute Gasteiger partial charge is 0.453 e. The van der Waals surface area contributed by atoms with E-state index < -0.39 is 32.2 Å². The van der Waals surface area contributed by atoms with Crippen LogP contribution in [0.1, 0.15) is 46.5 Å². The van der Waals surface area contributed by atoms with Gasteiger partial charge in [0.05, 0.1) is 40.7 Å². The van der Waals surface area contributed by atoms with Gasteiger partial charge < -0.3 is 20.3 Å². The molecule has 4 rings (SSSR count). The van der Waals surface area contributed by atoms with Crippen molar-refractivity contribution in [2.45, 2.75) is 73.8 Å². The standard InChI is InChI=1S/C25H36N6O5S/c1-24(2,3)37(34,35)18-7-5-17(6-8-18)28-21-20-19(9-14-27-22(20)32)31(29-21)25(10-13-26)11-15-30(16-12-25)23(33)36-4/h5-8,19-21,28-29H,9-12,14-16H2,1-4H3,(H,27,32). The third kappa shape index (κ3) is 5.00. The maximum Gasteiger partial charge on any atom is 0.409 e. The topological polar surface area (TPSA) is 144 Å². The van der Waals surface area contributed by atoms with Gasteiger partial charge in [-0.25, -0.2) is 23.6 Å². The van der Waals surface area contributed by atoms with E-state index in [2.05, 4.69) is 27.1 Å². The van der Waals surface area contributed by atoms with Gasteiger partial charge in [-0.3, -0.25) is 4.79 Å². The number of ether oxygens (including phenoxy) is 1. The fourth-order valence-corrected chi connectivity index (χ4v) is 6.76. The van der Waals surface area contributed by atoms with E-state index in [4.69, 9.17) is 4.74 Å². The van der Waals surface area contributed by atoms with Gasteiger partial charge in [-0.2, -0.15) is 5.26 Å². The maximum absolute atomic E-state index is 13.0. The fraction of sp³-hybridized carbons (Fsp3) is 0.640. The third-order valence-corrected chi connectivity index (χ3v) is 10.3. The minimum atomic E-state index is -3.48. The van der Waals surface area contributed by atoms with Crippen molar-refractivity contribution in [1.82, 2.24) is 20.7 Å². The summed E-state index contributed by atoms with van der Waals surface area (Å²) in [5.41, 5.74) is 3.63. The van der Waals surface area contributed by atoms with Crippen LogP contribution in [0.2, 0.25) is 0 Å². The van der Waals surface area contributed by atoms with Gasteiger partial charge in [0.1, 0.15) is 6.17 Å². The highest BCUT2D eigenvalue weighted by Crippen LogP contribution is 2.40. The number of hydrogen-bond donors (Lipinski definition) is 3. The Morgan fingerprint density at radius 2 is 1.89 bits per heavy atom. The minimum absolute atomic E-state index is 0.0743. The number of nitrogens with zero attached hydrogens (tertiary/aromatic N) is 3. The molecule has 3 aliphatic rings. The first-order chi connectivity index (χ1) is 17.4. The molecule has 0 radical (unpaired) electrons. The molecule has 11 nitrogen and oxygen atoms in total.